The molecule has 106 valence electrons. The molecule has 1 aliphatic heterocycles. The molecule has 0 spiro atoms. The number of nitrogens with one attached hydrogen (secondary N) is 2. The van der Waals surface area contributed by atoms with Crippen molar-refractivity contribution in [2.24, 2.45) is 5.10 Å². The quantitative estimate of drug-likeness (QED) is 0.518. The number of rotatable bonds is 3. The topological polar surface area (TPSA) is 54.9 Å². The van der Waals surface area contributed by atoms with Gasteiger partial charge < -0.3 is 14.8 Å². The number of para-hydroxylation sites is 1. The molecular weight excluding hydrogens is 286 g/mol. The first kappa shape index (κ1) is 13.4. The summed E-state index contributed by atoms with van der Waals surface area (Å²) in [5.74, 6) is 1.48. The monoisotopic (exact) mass is 299 g/mol. The molecule has 3 rings (SSSR count). The fourth-order valence-electron chi connectivity index (χ4n) is 1.84. The van der Waals surface area contributed by atoms with Crippen LogP contribution in [0, 0.1) is 0 Å². The van der Waals surface area contributed by atoms with Gasteiger partial charge >= 0.3 is 0 Å². The maximum atomic E-state index is 5.30. The molecule has 2 aromatic carbocycles. The third-order valence-electron chi connectivity index (χ3n) is 2.81. The van der Waals surface area contributed by atoms with E-state index in [4.69, 9.17) is 21.7 Å². The van der Waals surface area contributed by atoms with Gasteiger partial charge in [-0.3, -0.25) is 5.43 Å². The summed E-state index contributed by atoms with van der Waals surface area (Å²) in [5, 5.41) is 7.55. The number of benzene rings is 2. The third-order valence-corrected chi connectivity index (χ3v) is 3.00. The first-order valence-corrected chi connectivity index (χ1v) is 6.77. The van der Waals surface area contributed by atoms with Crippen LogP contribution in [0.5, 0.6) is 11.5 Å². The number of fused-ring (bicyclic) bond motifs is 1. The van der Waals surface area contributed by atoms with E-state index >= 15 is 0 Å². The third kappa shape index (κ3) is 3.49. The van der Waals surface area contributed by atoms with Gasteiger partial charge in [-0.05, 0) is 48.1 Å². The fourth-order valence-corrected chi connectivity index (χ4v) is 2.01. The van der Waals surface area contributed by atoms with Gasteiger partial charge in [0.15, 0.2) is 16.6 Å². The van der Waals surface area contributed by atoms with Crippen LogP contribution in [0.4, 0.5) is 5.69 Å². The molecular formula is C15H13N3O2S. The molecule has 0 saturated carbocycles. The molecule has 5 nitrogen and oxygen atoms in total. The molecule has 0 unspecified atom stereocenters. The van der Waals surface area contributed by atoms with Gasteiger partial charge in [0.2, 0.25) is 6.79 Å². The van der Waals surface area contributed by atoms with Gasteiger partial charge in [-0.1, -0.05) is 18.2 Å². The van der Waals surface area contributed by atoms with E-state index in [0.29, 0.717) is 5.11 Å². The van der Waals surface area contributed by atoms with Gasteiger partial charge in [0.25, 0.3) is 0 Å². The molecule has 2 N–H and O–H groups in total. The Morgan fingerprint density at radius 2 is 1.90 bits per heavy atom. The lowest BCUT2D eigenvalue weighted by Gasteiger charge is -2.06. The lowest BCUT2D eigenvalue weighted by atomic mass is 10.2. The van der Waals surface area contributed by atoms with E-state index in [2.05, 4.69) is 15.8 Å². The van der Waals surface area contributed by atoms with Crippen molar-refractivity contribution in [1.29, 1.82) is 0 Å². The number of anilines is 1. The van der Waals surface area contributed by atoms with Crippen molar-refractivity contribution in [2.75, 3.05) is 12.1 Å². The fraction of sp³-hybridized carbons (Fsp3) is 0.0667. The Kier molecular flexibility index (Phi) is 3.97. The van der Waals surface area contributed by atoms with Crippen LogP contribution in [0.1, 0.15) is 5.56 Å². The molecule has 0 amide bonds. The normalized spacial score (nSPS) is 12.4. The molecule has 21 heavy (non-hydrogen) atoms. The second-order valence-corrected chi connectivity index (χ2v) is 4.71. The van der Waals surface area contributed by atoms with Crippen molar-refractivity contribution in [3.05, 3.63) is 54.1 Å². The van der Waals surface area contributed by atoms with Gasteiger partial charge in [0.05, 0.1) is 6.21 Å². The van der Waals surface area contributed by atoms with Crippen molar-refractivity contribution in [3.63, 3.8) is 0 Å². The summed E-state index contributed by atoms with van der Waals surface area (Å²) in [6.45, 7) is 0.263. The number of ether oxygens (including phenoxy) is 2. The van der Waals surface area contributed by atoms with Crippen molar-refractivity contribution in [1.82, 2.24) is 5.43 Å². The molecule has 6 heteroatoms. The number of thiocarbonyl (C=S) groups is 1. The average molecular weight is 299 g/mol. The van der Waals surface area contributed by atoms with Gasteiger partial charge in [-0.2, -0.15) is 5.10 Å². The maximum Gasteiger partial charge on any atom is 0.231 e. The predicted molar refractivity (Wildman–Crippen MR) is 86.0 cm³/mol. The number of nitrogens with zero attached hydrogens (tertiary/aromatic N) is 1. The molecule has 0 fully saturated rings. The lowest BCUT2D eigenvalue weighted by molar-refractivity contribution is 0.174. The van der Waals surface area contributed by atoms with Crippen LogP contribution < -0.4 is 20.2 Å². The van der Waals surface area contributed by atoms with Crippen molar-refractivity contribution < 1.29 is 9.47 Å². The summed E-state index contributed by atoms with van der Waals surface area (Å²) >= 11 is 5.15. The summed E-state index contributed by atoms with van der Waals surface area (Å²) in [6, 6.07) is 15.3. The van der Waals surface area contributed by atoms with Crippen LogP contribution in [-0.4, -0.2) is 18.1 Å². The second kappa shape index (κ2) is 6.23. The molecule has 0 bridgehead atoms. The summed E-state index contributed by atoms with van der Waals surface area (Å²) in [5.41, 5.74) is 4.57. The van der Waals surface area contributed by atoms with Crippen LogP contribution in [0.15, 0.2) is 53.6 Å². The second-order valence-electron chi connectivity index (χ2n) is 4.30. The smallest absolute Gasteiger partial charge is 0.231 e. The van der Waals surface area contributed by atoms with Gasteiger partial charge in [-0.15, -0.1) is 0 Å². The first-order chi connectivity index (χ1) is 10.3. The van der Waals surface area contributed by atoms with Gasteiger partial charge in [-0.25, -0.2) is 0 Å². The van der Waals surface area contributed by atoms with E-state index in [9.17, 15) is 0 Å². The molecule has 0 atom stereocenters. The lowest BCUT2D eigenvalue weighted by Crippen LogP contribution is -2.23. The Morgan fingerprint density at radius 1 is 1.10 bits per heavy atom. The Balaban J connectivity index is 1.56. The maximum absolute atomic E-state index is 5.30. The van der Waals surface area contributed by atoms with E-state index in [1.54, 1.807) is 6.21 Å². The highest BCUT2D eigenvalue weighted by atomic mass is 32.1. The van der Waals surface area contributed by atoms with E-state index in [-0.39, 0.29) is 6.79 Å². The van der Waals surface area contributed by atoms with Gasteiger partial charge in [0, 0.05) is 5.69 Å². The van der Waals surface area contributed by atoms with Crippen molar-refractivity contribution in [3.8, 4) is 11.5 Å². The molecule has 2 aromatic rings. The molecule has 0 saturated heterocycles. The molecule has 1 aliphatic rings. The predicted octanol–water partition coefficient (Wildman–Crippen LogP) is 2.74. The van der Waals surface area contributed by atoms with Crippen LogP contribution in [0.2, 0.25) is 0 Å². The largest absolute Gasteiger partial charge is 0.454 e. The molecule has 0 radical (unpaired) electrons. The standard InChI is InChI=1S/C15H13N3O2S/c21-15(17-12-4-2-1-3-5-12)18-16-9-11-6-7-13-14(8-11)20-10-19-13/h1-9H,10H2,(H2,17,18,21)/b16-9-. The summed E-state index contributed by atoms with van der Waals surface area (Å²) < 4.78 is 10.6. The average Bonchev–Trinajstić information content (AvgIpc) is 2.96. The minimum Gasteiger partial charge on any atom is -0.454 e. The van der Waals surface area contributed by atoms with Crippen LogP contribution in [0.25, 0.3) is 0 Å². The van der Waals surface area contributed by atoms with Gasteiger partial charge in [0.1, 0.15) is 0 Å². The Hall–Kier alpha value is -2.60. The highest BCUT2D eigenvalue weighted by Crippen LogP contribution is 2.31. The zero-order valence-corrected chi connectivity index (χ0v) is 11.9. The first-order valence-electron chi connectivity index (χ1n) is 6.36. The van der Waals surface area contributed by atoms with E-state index in [0.717, 1.165) is 22.7 Å². The zero-order chi connectivity index (χ0) is 14.5. The number of hydrogen-bond acceptors (Lipinski definition) is 4. The summed E-state index contributed by atoms with van der Waals surface area (Å²) in [6.07, 6.45) is 1.67. The summed E-state index contributed by atoms with van der Waals surface area (Å²) in [4.78, 5) is 0. The Labute approximate surface area is 127 Å². The van der Waals surface area contributed by atoms with E-state index in [1.165, 1.54) is 0 Å². The SMILES string of the molecule is S=C(N/N=C\c1ccc2c(c1)OCO2)Nc1ccccc1. The van der Waals surface area contributed by atoms with Crippen molar-refractivity contribution >= 4 is 29.2 Å². The summed E-state index contributed by atoms with van der Waals surface area (Å²) in [7, 11) is 0. The van der Waals surface area contributed by atoms with Crippen LogP contribution >= 0.6 is 12.2 Å². The number of hydrazone groups is 1. The van der Waals surface area contributed by atoms with E-state index in [1.807, 2.05) is 48.5 Å². The van der Waals surface area contributed by atoms with Crippen LogP contribution in [-0.2, 0) is 0 Å². The minimum atomic E-state index is 0.263. The molecule has 0 aromatic heterocycles. The molecule has 1 heterocycles. The highest BCUT2D eigenvalue weighted by molar-refractivity contribution is 7.80. The van der Waals surface area contributed by atoms with E-state index < -0.39 is 0 Å². The molecule has 0 aliphatic carbocycles. The Morgan fingerprint density at radius 3 is 2.76 bits per heavy atom. The zero-order valence-electron chi connectivity index (χ0n) is 11.1. The number of hydrogen-bond donors (Lipinski definition) is 2. The van der Waals surface area contributed by atoms with Crippen LogP contribution in [0.3, 0.4) is 0 Å². The highest BCUT2D eigenvalue weighted by Gasteiger charge is 2.12. The minimum absolute atomic E-state index is 0.263. The Bertz CT molecular complexity index is 674. The van der Waals surface area contributed by atoms with Crippen molar-refractivity contribution in [2.45, 2.75) is 0 Å².